The summed E-state index contributed by atoms with van der Waals surface area (Å²) in [5.41, 5.74) is 4.07. The number of hydrogen-bond donors (Lipinski definition) is 0. The largest absolute Gasteiger partial charge is 0.466 e. The minimum Gasteiger partial charge on any atom is -0.466 e. The van der Waals surface area contributed by atoms with E-state index in [1.807, 2.05) is 6.92 Å². The van der Waals surface area contributed by atoms with Gasteiger partial charge in [-0.15, -0.1) is 12.4 Å². The van der Waals surface area contributed by atoms with Gasteiger partial charge in [0.25, 0.3) is 0 Å². The molecule has 0 saturated heterocycles. The van der Waals surface area contributed by atoms with Crippen LogP contribution in [0, 0.1) is 0 Å². The Bertz CT molecular complexity index is 681. The van der Waals surface area contributed by atoms with Crippen molar-refractivity contribution in [2.45, 2.75) is 39.3 Å². The number of aryl methyl sites for hydroxylation is 1. The monoisotopic (exact) mass is 336 g/mol. The average molecular weight is 337 g/mol. The van der Waals surface area contributed by atoms with Crippen molar-refractivity contribution in [3.63, 3.8) is 0 Å². The van der Waals surface area contributed by atoms with Crippen LogP contribution in [0.25, 0.3) is 10.9 Å². The Morgan fingerprint density at radius 1 is 1.30 bits per heavy atom. The molecule has 1 aromatic carbocycles. The molecule has 2 heterocycles. The minimum atomic E-state index is -0.111. The normalized spacial score (nSPS) is 14.9. The van der Waals surface area contributed by atoms with E-state index in [0.29, 0.717) is 19.6 Å². The summed E-state index contributed by atoms with van der Waals surface area (Å²) < 4.78 is 7.41. The molecule has 0 amide bonds. The first-order valence-electron chi connectivity index (χ1n) is 8.14. The number of carbonyl (C=O) groups is 1. The molecule has 1 aliphatic heterocycles. The zero-order chi connectivity index (χ0) is 15.5. The lowest BCUT2D eigenvalue weighted by Crippen LogP contribution is -2.16. The quantitative estimate of drug-likeness (QED) is 0.803. The Balaban J connectivity index is 0.00000192. The van der Waals surface area contributed by atoms with Gasteiger partial charge >= 0.3 is 5.97 Å². The van der Waals surface area contributed by atoms with Crippen LogP contribution < -0.4 is 0 Å². The molecule has 23 heavy (non-hydrogen) atoms. The maximum absolute atomic E-state index is 11.7. The molecule has 1 aliphatic rings. The van der Waals surface area contributed by atoms with Crippen molar-refractivity contribution in [3.8, 4) is 0 Å². The number of ether oxygens (including phenoxy) is 1. The maximum atomic E-state index is 11.7. The molecule has 0 radical (unpaired) electrons. The third-order valence-corrected chi connectivity index (χ3v) is 4.42. The molecule has 0 aliphatic carbocycles. The van der Waals surface area contributed by atoms with E-state index in [1.165, 1.54) is 28.6 Å². The highest BCUT2D eigenvalue weighted by Gasteiger charge is 2.20. The molecule has 126 valence electrons. The number of esters is 1. The van der Waals surface area contributed by atoms with E-state index in [0.717, 1.165) is 19.5 Å². The molecule has 0 atom stereocenters. The molecule has 1 aromatic heterocycles. The van der Waals surface area contributed by atoms with Crippen LogP contribution in [0.3, 0.4) is 0 Å². The van der Waals surface area contributed by atoms with E-state index in [4.69, 9.17) is 4.74 Å². The fraction of sp³-hybridized carbons (Fsp3) is 0.500. The molecule has 0 N–H and O–H groups in total. The zero-order valence-electron chi connectivity index (χ0n) is 13.9. The molecule has 0 fully saturated rings. The van der Waals surface area contributed by atoms with Gasteiger partial charge in [-0.1, -0.05) is 18.2 Å². The lowest BCUT2D eigenvalue weighted by molar-refractivity contribution is -0.143. The van der Waals surface area contributed by atoms with Crippen LogP contribution >= 0.6 is 12.4 Å². The number of fused-ring (bicyclic) bond motifs is 3. The highest BCUT2D eigenvalue weighted by molar-refractivity contribution is 5.86. The smallest absolute Gasteiger partial charge is 0.307 e. The minimum absolute atomic E-state index is 0. The predicted molar refractivity (Wildman–Crippen MR) is 95.1 cm³/mol. The van der Waals surface area contributed by atoms with Gasteiger partial charge in [0.2, 0.25) is 0 Å². The Labute approximate surface area is 143 Å². The standard InChI is InChI=1S/C18H24N2O2.ClH/c1-3-22-18(21)10-12-20-16-8-5-4-7-14(16)15-13-19(2)11-6-9-17(15)20;/h4-5,7-8H,3,6,9-13H2,1-2H3;1H. The first-order chi connectivity index (χ1) is 10.7. The number of nitrogens with zero attached hydrogens (tertiary/aromatic N) is 2. The number of halogens is 1. The van der Waals surface area contributed by atoms with Crippen LogP contribution in [-0.2, 0) is 29.0 Å². The van der Waals surface area contributed by atoms with Gasteiger partial charge < -0.3 is 14.2 Å². The molecule has 0 bridgehead atoms. The summed E-state index contributed by atoms with van der Waals surface area (Å²) in [7, 11) is 2.18. The molecule has 2 aromatic rings. The summed E-state index contributed by atoms with van der Waals surface area (Å²) >= 11 is 0. The number of hydrogen-bond acceptors (Lipinski definition) is 3. The van der Waals surface area contributed by atoms with E-state index in [2.05, 4.69) is 40.8 Å². The Morgan fingerprint density at radius 2 is 2.09 bits per heavy atom. The number of aromatic nitrogens is 1. The zero-order valence-corrected chi connectivity index (χ0v) is 14.7. The van der Waals surface area contributed by atoms with Crippen molar-refractivity contribution >= 4 is 29.3 Å². The fourth-order valence-corrected chi connectivity index (χ4v) is 3.45. The number of para-hydroxylation sites is 1. The third-order valence-electron chi connectivity index (χ3n) is 4.42. The van der Waals surface area contributed by atoms with Crippen molar-refractivity contribution < 1.29 is 9.53 Å². The van der Waals surface area contributed by atoms with Gasteiger partial charge in [0, 0.05) is 29.7 Å². The highest BCUT2D eigenvalue weighted by atomic mass is 35.5. The van der Waals surface area contributed by atoms with E-state index >= 15 is 0 Å². The van der Waals surface area contributed by atoms with Crippen LogP contribution in [0.4, 0.5) is 0 Å². The van der Waals surface area contributed by atoms with Gasteiger partial charge in [-0.25, -0.2) is 0 Å². The second-order valence-corrected chi connectivity index (χ2v) is 5.99. The van der Waals surface area contributed by atoms with E-state index in [9.17, 15) is 4.79 Å². The molecule has 4 nitrogen and oxygen atoms in total. The second-order valence-electron chi connectivity index (χ2n) is 5.99. The van der Waals surface area contributed by atoms with Gasteiger partial charge in [0.1, 0.15) is 0 Å². The first kappa shape index (κ1) is 17.8. The average Bonchev–Trinajstić information content (AvgIpc) is 2.65. The third kappa shape index (κ3) is 3.70. The summed E-state index contributed by atoms with van der Waals surface area (Å²) in [6.07, 6.45) is 2.69. The first-order valence-corrected chi connectivity index (χ1v) is 8.14. The second kappa shape index (κ2) is 7.84. The Hall–Kier alpha value is -1.52. The van der Waals surface area contributed by atoms with Crippen molar-refractivity contribution in [2.24, 2.45) is 0 Å². The van der Waals surface area contributed by atoms with Crippen molar-refractivity contribution in [1.29, 1.82) is 0 Å². The van der Waals surface area contributed by atoms with Gasteiger partial charge in [0.15, 0.2) is 0 Å². The summed E-state index contributed by atoms with van der Waals surface area (Å²) in [5, 5.41) is 1.33. The van der Waals surface area contributed by atoms with Crippen LogP contribution in [-0.4, -0.2) is 35.6 Å². The maximum Gasteiger partial charge on any atom is 0.307 e. The van der Waals surface area contributed by atoms with Crippen molar-refractivity contribution in [2.75, 3.05) is 20.2 Å². The van der Waals surface area contributed by atoms with Crippen LogP contribution in [0.1, 0.15) is 31.0 Å². The van der Waals surface area contributed by atoms with E-state index in [-0.39, 0.29) is 18.4 Å². The van der Waals surface area contributed by atoms with Gasteiger partial charge in [-0.3, -0.25) is 4.79 Å². The molecular weight excluding hydrogens is 312 g/mol. The molecule has 3 rings (SSSR count). The molecule has 0 unspecified atom stereocenters. The fourth-order valence-electron chi connectivity index (χ4n) is 3.45. The van der Waals surface area contributed by atoms with Crippen LogP contribution in [0.2, 0.25) is 0 Å². The molecular formula is C18H25ClN2O2. The van der Waals surface area contributed by atoms with Crippen LogP contribution in [0.15, 0.2) is 24.3 Å². The summed E-state index contributed by atoms with van der Waals surface area (Å²) in [5.74, 6) is -0.111. The number of rotatable bonds is 4. The SMILES string of the molecule is CCOC(=O)CCn1c2c(c3ccccc31)CN(C)CCC2.Cl. The lowest BCUT2D eigenvalue weighted by Gasteiger charge is -2.12. The molecule has 5 heteroatoms. The van der Waals surface area contributed by atoms with E-state index in [1.54, 1.807) is 0 Å². The van der Waals surface area contributed by atoms with Crippen molar-refractivity contribution in [3.05, 3.63) is 35.5 Å². The molecule has 0 spiro atoms. The van der Waals surface area contributed by atoms with Gasteiger partial charge in [-0.05, 0) is 45.0 Å². The highest BCUT2D eigenvalue weighted by Crippen LogP contribution is 2.30. The number of carbonyl (C=O) groups excluding carboxylic acids is 1. The predicted octanol–water partition coefficient (Wildman–Crippen LogP) is 3.39. The van der Waals surface area contributed by atoms with Crippen molar-refractivity contribution in [1.82, 2.24) is 9.47 Å². The van der Waals surface area contributed by atoms with Crippen LogP contribution in [0.5, 0.6) is 0 Å². The van der Waals surface area contributed by atoms with Gasteiger partial charge in [-0.2, -0.15) is 0 Å². The van der Waals surface area contributed by atoms with Gasteiger partial charge in [0.05, 0.1) is 13.0 Å². The Morgan fingerprint density at radius 3 is 2.87 bits per heavy atom. The summed E-state index contributed by atoms with van der Waals surface area (Å²) in [4.78, 5) is 14.1. The topological polar surface area (TPSA) is 34.5 Å². The Kier molecular flexibility index (Phi) is 6.08. The molecule has 0 saturated carbocycles. The summed E-state index contributed by atoms with van der Waals surface area (Å²) in [6, 6.07) is 8.54. The summed E-state index contributed by atoms with van der Waals surface area (Å²) in [6.45, 7) is 5.13. The number of benzene rings is 1. The lowest BCUT2D eigenvalue weighted by atomic mass is 10.1. The van der Waals surface area contributed by atoms with E-state index < -0.39 is 0 Å².